The van der Waals surface area contributed by atoms with Gasteiger partial charge in [-0.25, -0.2) is 0 Å². The molecule has 0 aromatic carbocycles. The van der Waals surface area contributed by atoms with Crippen molar-refractivity contribution in [1.82, 2.24) is 0 Å². The molecule has 0 N–H and O–H groups in total. The van der Waals surface area contributed by atoms with Gasteiger partial charge in [-0.05, 0) is 0 Å². The van der Waals surface area contributed by atoms with Crippen LogP contribution >= 0.6 is 8.69 Å². The van der Waals surface area contributed by atoms with E-state index in [-0.39, 0.29) is 0 Å². The van der Waals surface area contributed by atoms with Crippen LogP contribution in [0, 0.1) is 12.0 Å². The molecule has 0 amide bonds. The molecule has 0 saturated carbocycles. The van der Waals surface area contributed by atoms with Gasteiger partial charge in [-0.2, -0.15) is 0 Å². The first-order valence-electron chi connectivity index (χ1n) is 1.99. The largest absolute Gasteiger partial charge is 0.396 e. The molecule has 0 aliphatic heterocycles. The Morgan fingerprint density at radius 1 is 1.86 bits per heavy atom. The first-order valence-corrected chi connectivity index (χ1v) is 2.93. The zero-order chi connectivity index (χ0) is 5.54. The van der Waals surface area contributed by atoms with Crippen LogP contribution in [0.3, 0.4) is 0 Å². The van der Waals surface area contributed by atoms with Gasteiger partial charge < -0.3 is 4.52 Å². The average Bonchev–Trinajstić information content (AvgIpc) is 1.69. The van der Waals surface area contributed by atoms with Gasteiger partial charge in [0.05, 0.1) is 0 Å². The number of hydrogen-bond acceptors (Lipinski definition) is 2. The Bertz CT molecular complexity index is 100.0. The highest BCUT2D eigenvalue weighted by molar-refractivity contribution is 7.17. The molecule has 2 nitrogen and oxygen atoms in total. The molecule has 0 saturated heterocycles. The predicted octanol–water partition coefficient (Wildman–Crippen LogP) is 1.05. The molecule has 3 heteroatoms. The lowest BCUT2D eigenvalue weighted by Gasteiger charge is -1.72. The fraction of sp³-hybridized carbons (Fsp3) is 0.500. The van der Waals surface area contributed by atoms with Gasteiger partial charge in [-0.3, -0.25) is 4.57 Å². The SMILES string of the molecule is CCC#CO[PH2]=O. The summed E-state index contributed by atoms with van der Waals surface area (Å²) in [7, 11) is -1.14. The van der Waals surface area contributed by atoms with Gasteiger partial charge in [0.15, 0.2) is 0 Å². The molecule has 1 unspecified atom stereocenters. The van der Waals surface area contributed by atoms with Gasteiger partial charge in [-0.1, -0.05) is 12.8 Å². The van der Waals surface area contributed by atoms with Crippen LogP contribution in [-0.4, -0.2) is 0 Å². The predicted molar refractivity (Wildman–Crippen MR) is 29.5 cm³/mol. The fourth-order valence-electron chi connectivity index (χ4n) is 0.138. The molecule has 40 valence electrons. The van der Waals surface area contributed by atoms with Gasteiger partial charge in [0, 0.05) is 6.42 Å². The van der Waals surface area contributed by atoms with E-state index in [0.717, 1.165) is 6.42 Å². The first-order chi connectivity index (χ1) is 3.41. The number of hydrogen-bond donors (Lipinski definition) is 0. The Kier molecular flexibility index (Phi) is 5.26. The third-order valence-corrected chi connectivity index (χ3v) is 0.570. The van der Waals surface area contributed by atoms with E-state index in [1.807, 2.05) is 6.92 Å². The van der Waals surface area contributed by atoms with E-state index in [9.17, 15) is 4.57 Å². The van der Waals surface area contributed by atoms with Crippen molar-refractivity contribution < 1.29 is 9.09 Å². The van der Waals surface area contributed by atoms with Crippen LogP contribution in [0.4, 0.5) is 0 Å². The molecule has 0 fully saturated rings. The van der Waals surface area contributed by atoms with Crippen molar-refractivity contribution in [2.45, 2.75) is 13.3 Å². The van der Waals surface area contributed by atoms with Crippen LogP contribution in [0.25, 0.3) is 0 Å². The Balaban J connectivity index is 3.06. The molecule has 0 spiro atoms. The van der Waals surface area contributed by atoms with Crippen LogP contribution in [0.2, 0.25) is 0 Å². The van der Waals surface area contributed by atoms with Crippen molar-refractivity contribution >= 4 is 8.69 Å². The standard InChI is InChI=1S/C4H7O2P/c1-2-3-4-6-7-5/h2,7H2,1H3. The lowest BCUT2D eigenvalue weighted by Crippen LogP contribution is -1.54. The second kappa shape index (κ2) is 5.59. The normalized spacial score (nSPS) is 8.14. The maximum atomic E-state index is 9.56. The average molecular weight is 118 g/mol. The summed E-state index contributed by atoms with van der Waals surface area (Å²) >= 11 is 0. The summed E-state index contributed by atoms with van der Waals surface area (Å²) in [4.78, 5) is 0. The van der Waals surface area contributed by atoms with Crippen molar-refractivity contribution in [3.05, 3.63) is 0 Å². The lowest BCUT2D eigenvalue weighted by atomic mass is 10.5. The second-order valence-corrected chi connectivity index (χ2v) is 1.27. The minimum absolute atomic E-state index is 0.749. The summed E-state index contributed by atoms with van der Waals surface area (Å²) in [6.07, 6.45) is 3.01. The van der Waals surface area contributed by atoms with E-state index < -0.39 is 8.69 Å². The quantitative estimate of drug-likeness (QED) is 0.380. The third kappa shape index (κ3) is 5.59. The Morgan fingerprint density at radius 3 is 3.00 bits per heavy atom. The van der Waals surface area contributed by atoms with Gasteiger partial charge in [-0.15, -0.1) is 0 Å². The van der Waals surface area contributed by atoms with Gasteiger partial charge in [0.1, 0.15) is 6.11 Å². The highest BCUT2D eigenvalue weighted by Crippen LogP contribution is 1.88. The molecular formula is C4H7O2P. The molecule has 0 radical (unpaired) electrons. The molecule has 0 bridgehead atoms. The van der Waals surface area contributed by atoms with E-state index in [4.69, 9.17) is 0 Å². The van der Waals surface area contributed by atoms with Crippen LogP contribution in [-0.2, 0) is 9.09 Å². The van der Waals surface area contributed by atoms with E-state index in [1.165, 1.54) is 0 Å². The molecule has 0 aromatic rings. The lowest BCUT2D eigenvalue weighted by molar-refractivity contribution is 0.506. The molecule has 0 aliphatic carbocycles. The molecule has 0 aromatic heterocycles. The third-order valence-electron chi connectivity index (χ3n) is 0.356. The van der Waals surface area contributed by atoms with E-state index >= 15 is 0 Å². The zero-order valence-electron chi connectivity index (χ0n) is 4.10. The van der Waals surface area contributed by atoms with Crippen LogP contribution in [0.15, 0.2) is 0 Å². The van der Waals surface area contributed by atoms with Crippen molar-refractivity contribution in [2.75, 3.05) is 0 Å². The van der Waals surface area contributed by atoms with E-state index in [2.05, 4.69) is 16.6 Å². The Hall–Kier alpha value is -0.410. The zero-order valence-corrected chi connectivity index (χ0v) is 5.26. The van der Waals surface area contributed by atoms with Crippen LogP contribution < -0.4 is 0 Å². The summed E-state index contributed by atoms with van der Waals surface area (Å²) in [6.45, 7) is 1.90. The second-order valence-electron chi connectivity index (χ2n) is 0.846. The first kappa shape index (κ1) is 6.59. The molecular weight excluding hydrogens is 111 g/mol. The summed E-state index contributed by atoms with van der Waals surface area (Å²) in [6, 6.07) is 0. The van der Waals surface area contributed by atoms with Gasteiger partial charge in [0.2, 0.25) is 8.69 Å². The van der Waals surface area contributed by atoms with E-state index in [0.29, 0.717) is 0 Å². The minimum Gasteiger partial charge on any atom is -0.396 e. The molecule has 0 aliphatic rings. The monoisotopic (exact) mass is 118 g/mol. The molecule has 0 rings (SSSR count). The molecule has 0 heterocycles. The Labute approximate surface area is 44.2 Å². The van der Waals surface area contributed by atoms with Crippen molar-refractivity contribution in [1.29, 1.82) is 0 Å². The van der Waals surface area contributed by atoms with Crippen molar-refractivity contribution in [2.24, 2.45) is 0 Å². The van der Waals surface area contributed by atoms with Crippen molar-refractivity contribution in [3.8, 4) is 12.0 Å². The minimum atomic E-state index is -1.14. The highest BCUT2D eigenvalue weighted by Gasteiger charge is 1.59. The smallest absolute Gasteiger partial charge is 0.236 e. The fourth-order valence-corrected chi connectivity index (χ4v) is 0.269. The summed E-state index contributed by atoms with van der Waals surface area (Å²) in [5.74, 6) is 2.60. The maximum absolute atomic E-state index is 9.56. The highest BCUT2D eigenvalue weighted by atomic mass is 31.1. The van der Waals surface area contributed by atoms with E-state index in [1.54, 1.807) is 0 Å². The molecule has 7 heavy (non-hydrogen) atoms. The topological polar surface area (TPSA) is 26.3 Å². The van der Waals surface area contributed by atoms with Gasteiger partial charge >= 0.3 is 0 Å². The summed E-state index contributed by atoms with van der Waals surface area (Å²) in [5, 5.41) is 0. The van der Waals surface area contributed by atoms with Crippen LogP contribution in [0.5, 0.6) is 0 Å². The maximum Gasteiger partial charge on any atom is 0.236 e. The summed E-state index contributed by atoms with van der Waals surface area (Å²) < 4.78 is 13.8. The van der Waals surface area contributed by atoms with Crippen molar-refractivity contribution in [3.63, 3.8) is 0 Å². The molecule has 1 atom stereocenters. The Morgan fingerprint density at radius 2 is 2.57 bits per heavy atom. The summed E-state index contributed by atoms with van der Waals surface area (Å²) in [5.41, 5.74) is 0. The number of rotatable bonds is 1. The van der Waals surface area contributed by atoms with Crippen LogP contribution in [0.1, 0.15) is 13.3 Å². The van der Waals surface area contributed by atoms with Gasteiger partial charge in [0.25, 0.3) is 0 Å².